The van der Waals surface area contributed by atoms with Gasteiger partial charge in [0.15, 0.2) is 0 Å². The Hall–Kier alpha value is -2.43. The SMILES string of the molecule is Cc1ccc2nc(C)cc(-c3nnc(N)o3)c2c1. The van der Waals surface area contributed by atoms with Gasteiger partial charge in [0, 0.05) is 11.1 Å². The van der Waals surface area contributed by atoms with Crippen molar-refractivity contribution in [3.63, 3.8) is 0 Å². The van der Waals surface area contributed by atoms with E-state index < -0.39 is 0 Å². The van der Waals surface area contributed by atoms with Crippen LogP contribution in [0.5, 0.6) is 0 Å². The zero-order valence-electron chi connectivity index (χ0n) is 10.1. The number of rotatable bonds is 1. The first-order valence-corrected chi connectivity index (χ1v) is 5.61. The monoisotopic (exact) mass is 240 g/mol. The van der Waals surface area contributed by atoms with Gasteiger partial charge in [-0.2, -0.15) is 0 Å². The van der Waals surface area contributed by atoms with Crippen LogP contribution in [0.25, 0.3) is 22.4 Å². The fourth-order valence-corrected chi connectivity index (χ4v) is 1.99. The number of anilines is 1. The highest BCUT2D eigenvalue weighted by molar-refractivity contribution is 5.93. The van der Waals surface area contributed by atoms with Gasteiger partial charge in [-0.1, -0.05) is 16.7 Å². The van der Waals surface area contributed by atoms with Crippen molar-refractivity contribution in [2.24, 2.45) is 0 Å². The molecule has 3 rings (SSSR count). The molecule has 0 fully saturated rings. The molecular formula is C13H12N4O. The predicted octanol–water partition coefficient (Wildman–Crippen LogP) is 2.48. The molecule has 18 heavy (non-hydrogen) atoms. The molecule has 0 bridgehead atoms. The van der Waals surface area contributed by atoms with Crippen molar-refractivity contribution >= 4 is 16.9 Å². The van der Waals surface area contributed by atoms with E-state index in [1.54, 1.807) is 0 Å². The van der Waals surface area contributed by atoms with Crippen LogP contribution >= 0.6 is 0 Å². The van der Waals surface area contributed by atoms with Crippen molar-refractivity contribution in [3.05, 3.63) is 35.5 Å². The Labute approximate surface area is 104 Å². The number of pyridine rings is 1. The van der Waals surface area contributed by atoms with Gasteiger partial charge in [-0.25, -0.2) is 0 Å². The average Bonchev–Trinajstić information content (AvgIpc) is 2.75. The molecule has 2 heterocycles. The van der Waals surface area contributed by atoms with Gasteiger partial charge in [0.2, 0.25) is 5.89 Å². The molecule has 0 saturated heterocycles. The van der Waals surface area contributed by atoms with Crippen LogP contribution in [0, 0.1) is 13.8 Å². The van der Waals surface area contributed by atoms with E-state index in [9.17, 15) is 0 Å². The van der Waals surface area contributed by atoms with Crippen molar-refractivity contribution < 1.29 is 4.42 Å². The van der Waals surface area contributed by atoms with Crippen molar-refractivity contribution in [1.82, 2.24) is 15.2 Å². The van der Waals surface area contributed by atoms with Crippen LogP contribution in [0.3, 0.4) is 0 Å². The zero-order valence-corrected chi connectivity index (χ0v) is 10.1. The Morgan fingerprint density at radius 3 is 2.67 bits per heavy atom. The lowest BCUT2D eigenvalue weighted by atomic mass is 10.1. The molecule has 0 radical (unpaired) electrons. The molecule has 90 valence electrons. The second-order valence-electron chi connectivity index (χ2n) is 4.28. The maximum Gasteiger partial charge on any atom is 0.313 e. The van der Waals surface area contributed by atoms with Crippen LogP contribution in [-0.4, -0.2) is 15.2 Å². The number of hydrogen-bond acceptors (Lipinski definition) is 5. The number of nitrogens with two attached hydrogens (primary N) is 1. The minimum atomic E-state index is 0.0697. The molecule has 5 heteroatoms. The third-order valence-corrected chi connectivity index (χ3v) is 2.76. The molecule has 0 aliphatic carbocycles. The van der Waals surface area contributed by atoms with Crippen molar-refractivity contribution in [2.45, 2.75) is 13.8 Å². The van der Waals surface area contributed by atoms with E-state index in [4.69, 9.17) is 10.2 Å². The van der Waals surface area contributed by atoms with E-state index in [1.807, 2.05) is 32.0 Å². The van der Waals surface area contributed by atoms with Crippen LogP contribution in [0.2, 0.25) is 0 Å². The maximum atomic E-state index is 5.47. The Morgan fingerprint density at radius 2 is 1.94 bits per heavy atom. The first kappa shape index (κ1) is 10.7. The fourth-order valence-electron chi connectivity index (χ4n) is 1.99. The molecular weight excluding hydrogens is 228 g/mol. The summed E-state index contributed by atoms with van der Waals surface area (Å²) >= 11 is 0. The van der Waals surface area contributed by atoms with Gasteiger partial charge in [-0.3, -0.25) is 4.98 Å². The highest BCUT2D eigenvalue weighted by Crippen LogP contribution is 2.28. The quantitative estimate of drug-likeness (QED) is 0.707. The van der Waals surface area contributed by atoms with Gasteiger partial charge in [-0.15, -0.1) is 5.10 Å². The van der Waals surface area contributed by atoms with Crippen LogP contribution in [0.1, 0.15) is 11.3 Å². The molecule has 0 spiro atoms. The number of fused-ring (bicyclic) bond motifs is 1. The summed E-state index contributed by atoms with van der Waals surface area (Å²) in [5.74, 6) is 0.425. The molecule has 0 saturated carbocycles. The minimum Gasteiger partial charge on any atom is -0.404 e. The van der Waals surface area contributed by atoms with E-state index in [-0.39, 0.29) is 6.01 Å². The Balaban J connectivity index is 2.36. The Morgan fingerprint density at radius 1 is 1.11 bits per heavy atom. The summed E-state index contributed by atoms with van der Waals surface area (Å²) in [5, 5.41) is 8.62. The molecule has 5 nitrogen and oxygen atoms in total. The zero-order chi connectivity index (χ0) is 12.7. The summed E-state index contributed by atoms with van der Waals surface area (Å²) in [6.45, 7) is 3.97. The first-order chi connectivity index (χ1) is 8.63. The summed E-state index contributed by atoms with van der Waals surface area (Å²) < 4.78 is 5.30. The van der Waals surface area contributed by atoms with E-state index >= 15 is 0 Å². The van der Waals surface area contributed by atoms with Gasteiger partial charge in [0.25, 0.3) is 0 Å². The number of hydrogen-bond donors (Lipinski definition) is 1. The van der Waals surface area contributed by atoms with Gasteiger partial charge in [0.1, 0.15) is 0 Å². The lowest BCUT2D eigenvalue weighted by Crippen LogP contribution is -1.89. The number of nitrogens with zero attached hydrogens (tertiary/aromatic N) is 3. The normalized spacial score (nSPS) is 11.0. The van der Waals surface area contributed by atoms with E-state index in [0.717, 1.165) is 27.7 Å². The number of aromatic nitrogens is 3. The summed E-state index contributed by atoms with van der Waals surface area (Å²) in [6.07, 6.45) is 0. The van der Waals surface area contributed by atoms with Gasteiger partial charge in [-0.05, 0) is 32.0 Å². The molecule has 0 amide bonds. The Kier molecular flexibility index (Phi) is 2.26. The van der Waals surface area contributed by atoms with Crippen LogP contribution < -0.4 is 5.73 Å². The lowest BCUT2D eigenvalue weighted by molar-refractivity contribution is 0.591. The maximum absolute atomic E-state index is 5.47. The Bertz CT molecular complexity index is 733. The smallest absolute Gasteiger partial charge is 0.313 e. The summed E-state index contributed by atoms with van der Waals surface area (Å²) in [7, 11) is 0. The number of aryl methyl sites for hydroxylation is 2. The highest BCUT2D eigenvalue weighted by atomic mass is 16.4. The van der Waals surface area contributed by atoms with E-state index in [0.29, 0.717) is 5.89 Å². The van der Waals surface area contributed by atoms with Crippen molar-refractivity contribution in [1.29, 1.82) is 0 Å². The largest absolute Gasteiger partial charge is 0.404 e. The second-order valence-corrected chi connectivity index (χ2v) is 4.28. The van der Waals surface area contributed by atoms with Crippen molar-refractivity contribution in [2.75, 3.05) is 5.73 Å². The first-order valence-electron chi connectivity index (χ1n) is 5.61. The van der Waals surface area contributed by atoms with Crippen LogP contribution in [0.15, 0.2) is 28.7 Å². The predicted molar refractivity (Wildman–Crippen MR) is 68.9 cm³/mol. The molecule has 0 aliphatic rings. The number of nitrogen functional groups attached to an aromatic ring is 1. The molecule has 0 atom stereocenters. The van der Waals surface area contributed by atoms with Crippen LogP contribution in [-0.2, 0) is 0 Å². The summed E-state index contributed by atoms with van der Waals surface area (Å²) in [4.78, 5) is 4.49. The van der Waals surface area contributed by atoms with E-state index in [1.165, 1.54) is 0 Å². The average molecular weight is 240 g/mol. The standard InChI is InChI=1S/C13H12N4O/c1-7-3-4-11-9(5-7)10(6-8(2)15-11)12-16-17-13(14)18-12/h3-6H,1-2H3,(H2,14,17). The minimum absolute atomic E-state index is 0.0697. The lowest BCUT2D eigenvalue weighted by Gasteiger charge is -2.05. The van der Waals surface area contributed by atoms with Crippen molar-refractivity contribution in [3.8, 4) is 11.5 Å². The van der Waals surface area contributed by atoms with E-state index in [2.05, 4.69) is 21.2 Å². The second kappa shape index (κ2) is 3.80. The van der Waals surface area contributed by atoms with Crippen LogP contribution in [0.4, 0.5) is 6.01 Å². The fraction of sp³-hybridized carbons (Fsp3) is 0.154. The molecule has 2 aromatic heterocycles. The highest BCUT2D eigenvalue weighted by Gasteiger charge is 2.12. The number of benzene rings is 1. The molecule has 1 aromatic carbocycles. The topological polar surface area (TPSA) is 77.8 Å². The van der Waals surface area contributed by atoms with Gasteiger partial charge in [0.05, 0.1) is 11.1 Å². The summed E-state index contributed by atoms with van der Waals surface area (Å²) in [5.41, 5.74) is 9.30. The molecule has 2 N–H and O–H groups in total. The third-order valence-electron chi connectivity index (χ3n) is 2.76. The summed E-state index contributed by atoms with van der Waals surface area (Å²) in [6, 6.07) is 8.06. The van der Waals surface area contributed by atoms with Gasteiger partial charge >= 0.3 is 6.01 Å². The molecule has 0 unspecified atom stereocenters. The molecule has 3 aromatic rings. The van der Waals surface area contributed by atoms with Gasteiger partial charge < -0.3 is 10.2 Å². The molecule has 0 aliphatic heterocycles. The third kappa shape index (κ3) is 1.69.